The van der Waals surface area contributed by atoms with Crippen LogP contribution in [-0.2, 0) is 6.18 Å². The maximum absolute atomic E-state index is 14.1. The van der Waals surface area contributed by atoms with Gasteiger partial charge in [-0.1, -0.05) is 35.3 Å². The van der Waals surface area contributed by atoms with Gasteiger partial charge in [0.25, 0.3) is 5.91 Å². The van der Waals surface area contributed by atoms with Crippen molar-refractivity contribution in [3.63, 3.8) is 0 Å². The predicted molar refractivity (Wildman–Crippen MR) is 79.3 cm³/mol. The Kier molecular flexibility index (Phi) is 5.29. The van der Waals surface area contributed by atoms with Crippen LogP contribution in [0.4, 0.5) is 17.6 Å². The van der Waals surface area contributed by atoms with E-state index in [1.165, 1.54) is 6.92 Å². The van der Waals surface area contributed by atoms with Crippen molar-refractivity contribution < 1.29 is 22.4 Å². The minimum absolute atomic E-state index is 0.0950. The van der Waals surface area contributed by atoms with E-state index >= 15 is 0 Å². The zero-order chi connectivity index (χ0) is 18.1. The largest absolute Gasteiger partial charge is 0.419 e. The predicted octanol–water partition coefficient (Wildman–Crippen LogP) is 4.43. The van der Waals surface area contributed by atoms with Crippen LogP contribution in [0.5, 0.6) is 0 Å². The minimum atomic E-state index is -4.84. The summed E-state index contributed by atoms with van der Waals surface area (Å²) < 4.78 is 52.3. The number of alkyl halides is 3. The third kappa shape index (κ3) is 3.93. The lowest BCUT2D eigenvalue weighted by Gasteiger charge is -2.18. The van der Waals surface area contributed by atoms with Crippen molar-refractivity contribution in [2.45, 2.75) is 19.1 Å². The highest BCUT2D eigenvalue weighted by atomic mass is 35.5. The number of carbonyl (C=O) groups excluding carboxylic acids is 1. The quantitative estimate of drug-likeness (QED) is 0.800. The van der Waals surface area contributed by atoms with E-state index in [2.05, 4.69) is 15.5 Å². The second-order valence-electron chi connectivity index (χ2n) is 4.77. The number of hydrogen-bond acceptors (Lipinski definition) is 3. The summed E-state index contributed by atoms with van der Waals surface area (Å²) in [4.78, 5) is 12.1. The Bertz CT molecular complexity index is 783. The van der Waals surface area contributed by atoms with Crippen molar-refractivity contribution in [1.29, 1.82) is 0 Å². The van der Waals surface area contributed by atoms with Crippen LogP contribution in [0.2, 0.25) is 10.3 Å². The molecule has 0 saturated heterocycles. The summed E-state index contributed by atoms with van der Waals surface area (Å²) in [5, 5.41) is 8.88. The van der Waals surface area contributed by atoms with Crippen LogP contribution in [0.25, 0.3) is 0 Å². The van der Waals surface area contributed by atoms with Crippen LogP contribution in [0, 0.1) is 5.82 Å². The summed E-state index contributed by atoms with van der Waals surface area (Å²) >= 11 is 11.3. The van der Waals surface area contributed by atoms with Crippen molar-refractivity contribution >= 4 is 29.1 Å². The molecule has 24 heavy (non-hydrogen) atoms. The van der Waals surface area contributed by atoms with Gasteiger partial charge in [0.1, 0.15) is 5.82 Å². The molecule has 0 bridgehead atoms. The Hall–Kier alpha value is -1.93. The molecule has 1 heterocycles. The lowest BCUT2D eigenvalue weighted by Crippen LogP contribution is -2.28. The zero-order valence-electron chi connectivity index (χ0n) is 12.0. The average molecular weight is 382 g/mol. The molecule has 1 N–H and O–H groups in total. The Morgan fingerprint density at radius 1 is 1.25 bits per heavy atom. The molecular weight excluding hydrogens is 373 g/mol. The molecule has 1 atom stereocenters. The third-order valence-corrected chi connectivity index (χ3v) is 3.58. The Labute approximate surface area is 143 Å². The van der Waals surface area contributed by atoms with Gasteiger partial charge in [0.05, 0.1) is 17.2 Å². The maximum Gasteiger partial charge on any atom is 0.419 e. The van der Waals surface area contributed by atoms with Crippen LogP contribution >= 0.6 is 23.2 Å². The minimum Gasteiger partial charge on any atom is -0.345 e. The molecule has 2 rings (SSSR count). The zero-order valence-corrected chi connectivity index (χ0v) is 13.5. The molecule has 1 aromatic heterocycles. The summed E-state index contributed by atoms with van der Waals surface area (Å²) in [6, 6.07) is 2.91. The van der Waals surface area contributed by atoms with Crippen molar-refractivity contribution in [3.05, 3.63) is 57.1 Å². The van der Waals surface area contributed by atoms with E-state index in [0.717, 1.165) is 18.2 Å². The monoisotopic (exact) mass is 381 g/mol. The second-order valence-corrected chi connectivity index (χ2v) is 5.52. The molecule has 0 saturated carbocycles. The Morgan fingerprint density at radius 3 is 2.54 bits per heavy atom. The van der Waals surface area contributed by atoms with E-state index in [-0.39, 0.29) is 21.4 Å². The van der Waals surface area contributed by atoms with E-state index in [4.69, 9.17) is 23.2 Å². The normalized spacial score (nSPS) is 12.8. The second kappa shape index (κ2) is 6.90. The molecule has 4 nitrogen and oxygen atoms in total. The fraction of sp³-hybridized carbons (Fsp3) is 0.214. The van der Waals surface area contributed by atoms with E-state index in [9.17, 15) is 22.4 Å². The first-order valence-corrected chi connectivity index (χ1v) is 7.22. The molecule has 0 spiro atoms. The first-order chi connectivity index (χ1) is 11.1. The summed E-state index contributed by atoms with van der Waals surface area (Å²) in [7, 11) is 0. The van der Waals surface area contributed by atoms with E-state index in [0.29, 0.717) is 6.07 Å². The Morgan fingerprint density at radius 2 is 1.92 bits per heavy atom. The molecule has 0 aliphatic carbocycles. The van der Waals surface area contributed by atoms with Gasteiger partial charge in [-0.2, -0.15) is 13.2 Å². The van der Waals surface area contributed by atoms with Gasteiger partial charge in [0.2, 0.25) is 0 Å². The number of nitrogens with zero attached hydrogens (tertiary/aromatic N) is 2. The number of nitrogens with one attached hydrogen (secondary N) is 1. The molecule has 0 fully saturated rings. The fourth-order valence-corrected chi connectivity index (χ4v) is 2.29. The van der Waals surface area contributed by atoms with Gasteiger partial charge in [0.15, 0.2) is 10.3 Å². The number of rotatable bonds is 3. The molecule has 10 heteroatoms. The van der Waals surface area contributed by atoms with Crippen molar-refractivity contribution in [2.24, 2.45) is 0 Å². The molecular formula is C14H9Cl2F4N3O. The summed E-state index contributed by atoms with van der Waals surface area (Å²) in [6.07, 6.45) is -4.84. The molecule has 1 amide bonds. The first-order valence-electron chi connectivity index (χ1n) is 6.46. The Balaban J connectivity index is 2.29. The van der Waals surface area contributed by atoms with E-state index in [1.807, 2.05) is 0 Å². The third-order valence-electron chi connectivity index (χ3n) is 3.11. The first kappa shape index (κ1) is 18.4. The van der Waals surface area contributed by atoms with Crippen molar-refractivity contribution in [1.82, 2.24) is 15.5 Å². The molecule has 0 aliphatic heterocycles. The fourth-order valence-electron chi connectivity index (χ4n) is 1.97. The number of hydrogen-bond donors (Lipinski definition) is 1. The van der Waals surface area contributed by atoms with Gasteiger partial charge < -0.3 is 5.32 Å². The van der Waals surface area contributed by atoms with Gasteiger partial charge in [0, 0.05) is 5.56 Å². The highest BCUT2D eigenvalue weighted by Crippen LogP contribution is 2.34. The van der Waals surface area contributed by atoms with Crippen LogP contribution in [0.3, 0.4) is 0 Å². The summed E-state index contributed by atoms with van der Waals surface area (Å²) in [6.45, 7) is 1.33. The summed E-state index contributed by atoms with van der Waals surface area (Å²) in [5.41, 5.74) is -1.86. The number of aromatic nitrogens is 2. The lowest BCUT2D eigenvalue weighted by atomic mass is 10.0. The van der Waals surface area contributed by atoms with Crippen LogP contribution in [-0.4, -0.2) is 16.1 Å². The lowest BCUT2D eigenvalue weighted by molar-refractivity contribution is -0.140. The maximum atomic E-state index is 14.1. The van der Waals surface area contributed by atoms with Crippen molar-refractivity contribution in [3.8, 4) is 0 Å². The van der Waals surface area contributed by atoms with Gasteiger partial charge in [-0.15, -0.1) is 10.2 Å². The molecule has 1 aromatic carbocycles. The SMILES string of the molecule is C[C@@H](NC(=O)c1cc(Cl)nnc1Cl)c1cccc(C(F)(F)F)c1F. The van der Waals surface area contributed by atoms with Gasteiger partial charge >= 0.3 is 6.18 Å². The highest BCUT2D eigenvalue weighted by molar-refractivity contribution is 6.34. The van der Waals surface area contributed by atoms with Gasteiger partial charge in [-0.3, -0.25) is 4.79 Å². The molecule has 0 radical (unpaired) electrons. The van der Waals surface area contributed by atoms with Crippen LogP contribution < -0.4 is 5.32 Å². The van der Waals surface area contributed by atoms with Crippen LogP contribution in [0.1, 0.15) is 34.5 Å². The number of amides is 1. The number of carbonyl (C=O) groups is 1. The van der Waals surface area contributed by atoms with Gasteiger partial charge in [-0.25, -0.2) is 4.39 Å². The molecule has 0 unspecified atom stereocenters. The molecule has 2 aromatic rings. The standard InChI is InChI=1S/C14H9Cl2F4N3O/c1-6(7-3-2-4-9(11(7)17)14(18,19)20)21-13(24)8-5-10(15)22-23-12(8)16/h2-6H,1H3,(H,21,24)/t6-/m1/s1. The summed E-state index contributed by atoms with van der Waals surface area (Å²) in [5.74, 6) is -2.23. The molecule has 128 valence electrons. The number of benzene rings is 1. The van der Waals surface area contributed by atoms with Crippen LogP contribution in [0.15, 0.2) is 24.3 Å². The smallest absolute Gasteiger partial charge is 0.345 e. The number of halogens is 6. The topological polar surface area (TPSA) is 54.9 Å². The van der Waals surface area contributed by atoms with E-state index in [1.54, 1.807) is 0 Å². The van der Waals surface area contributed by atoms with E-state index < -0.39 is 29.5 Å². The average Bonchev–Trinajstić information content (AvgIpc) is 2.48. The van der Waals surface area contributed by atoms with Gasteiger partial charge in [-0.05, 0) is 19.1 Å². The van der Waals surface area contributed by atoms with Crippen molar-refractivity contribution in [2.75, 3.05) is 0 Å². The highest BCUT2D eigenvalue weighted by Gasteiger charge is 2.35. The molecule has 0 aliphatic rings.